The number of aromatic nitrogens is 3. The summed E-state index contributed by atoms with van der Waals surface area (Å²) < 4.78 is 1.34. The van der Waals surface area contributed by atoms with Crippen molar-refractivity contribution in [2.75, 3.05) is 18.0 Å². The fourth-order valence-electron chi connectivity index (χ4n) is 2.88. The second-order valence-electron chi connectivity index (χ2n) is 6.08. The van der Waals surface area contributed by atoms with Gasteiger partial charge < -0.3 is 10.2 Å². The molecule has 0 saturated carbocycles. The monoisotopic (exact) mass is 327 g/mol. The Labute approximate surface area is 140 Å². The van der Waals surface area contributed by atoms with Crippen LogP contribution in [0.5, 0.6) is 0 Å². The van der Waals surface area contributed by atoms with Crippen LogP contribution in [0.15, 0.2) is 35.4 Å². The van der Waals surface area contributed by atoms with Crippen molar-refractivity contribution >= 4 is 11.7 Å². The quantitative estimate of drug-likeness (QED) is 0.905. The Kier molecular flexibility index (Phi) is 4.59. The topological polar surface area (TPSA) is 80.1 Å². The van der Waals surface area contributed by atoms with E-state index in [2.05, 4.69) is 20.3 Å². The molecule has 1 aliphatic heterocycles. The molecule has 7 heteroatoms. The van der Waals surface area contributed by atoms with Crippen LogP contribution in [-0.2, 0) is 7.05 Å². The van der Waals surface area contributed by atoms with Gasteiger partial charge in [-0.2, -0.15) is 5.10 Å². The zero-order valence-electron chi connectivity index (χ0n) is 13.9. The Hall–Kier alpha value is -2.70. The van der Waals surface area contributed by atoms with Crippen LogP contribution in [0.2, 0.25) is 0 Å². The number of nitrogens with zero attached hydrogens (tertiary/aromatic N) is 4. The third-order valence-electron chi connectivity index (χ3n) is 4.38. The highest BCUT2D eigenvalue weighted by Gasteiger charge is 2.22. The third-order valence-corrected chi connectivity index (χ3v) is 4.38. The molecule has 0 radical (unpaired) electrons. The molecule has 1 saturated heterocycles. The minimum atomic E-state index is -0.118. The molecule has 0 aliphatic carbocycles. The van der Waals surface area contributed by atoms with Crippen molar-refractivity contribution in [3.63, 3.8) is 0 Å². The van der Waals surface area contributed by atoms with Crippen LogP contribution in [0.1, 0.15) is 28.8 Å². The smallest absolute Gasteiger partial charge is 0.266 e. The van der Waals surface area contributed by atoms with Gasteiger partial charge in [0, 0.05) is 44.6 Å². The van der Waals surface area contributed by atoms with E-state index in [-0.39, 0.29) is 17.5 Å². The highest BCUT2D eigenvalue weighted by atomic mass is 16.1. The maximum absolute atomic E-state index is 12.4. The molecule has 3 heterocycles. The van der Waals surface area contributed by atoms with Crippen LogP contribution in [0, 0.1) is 6.92 Å². The maximum Gasteiger partial charge on any atom is 0.266 e. The van der Waals surface area contributed by atoms with E-state index in [1.54, 1.807) is 25.5 Å². The van der Waals surface area contributed by atoms with Gasteiger partial charge in [-0.15, -0.1) is 0 Å². The first-order chi connectivity index (χ1) is 11.5. The minimum absolute atomic E-state index is 0.0701. The number of carbonyl (C=O) groups is 1. The molecule has 1 fully saturated rings. The molecule has 2 aromatic rings. The second-order valence-corrected chi connectivity index (χ2v) is 6.08. The van der Waals surface area contributed by atoms with Crippen LogP contribution in [0.25, 0.3) is 0 Å². The van der Waals surface area contributed by atoms with Crippen LogP contribution < -0.4 is 15.8 Å². The molecule has 0 aromatic carbocycles. The Morgan fingerprint density at radius 2 is 2.00 bits per heavy atom. The molecule has 1 N–H and O–H groups in total. The molecular weight excluding hydrogens is 306 g/mol. The maximum atomic E-state index is 12.4. The lowest BCUT2D eigenvalue weighted by atomic mass is 10.0. The van der Waals surface area contributed by atoms with Gasteiger partial charge in [-0.1, -0.05) is 0 Å². The fraction of sp³-hybridized carbons (Fsp3) is 0.412. The van der Waals surface area contributed by atoms with E-state index in [0.717, 1.165) is 37.3 Å². The average molecular weight is 327 g/mol. The van der Waals surface area contributed by atoms with Gasteiger partial charge in [0.1, 0.15) is 5.82 Å². The summed E-state index contributed by atoms with van der Waals surface area (Å²) >= 11 is 0. The summed E-state index contributed by atoms with van der Waals surface area (Å²) in [4.78, 5) is 29.9. The lowest BCUT2D eigenvalue weighted by Gasteiger charge is -2.33. The predicted molar refractivity (Wildman–Crippen MR) is 91.2 cm³/mol. The number of hydrogen-bond acceptors (Lipinski definition) is 5. The largest absolute Gasteiger partial charge is 0.355 e. The predicted octanol–water partition coefficient (Wildman–Crippen LogP) is 0.883. The SMILES string of the molecule is Cc1ccncc1C(=O)NC1CCN(c2ccc(=O)n(C)n2)CC1. The van der Waals surface area contributed by atoms with Gasteiger partial charge in [-0.05, 0) is 37.5 Å². The average Bonchev–Trinajstić information content (AvgIpc) is 2.58. The van der Waals surface area contributed by atoms with Gasteiger partial charge in [0.25, 0.3) is 11.5 Å². The number of aryl methyl sites for hydroxylation is 2. The number of anilines is 1. The van der Waals surface area contributed by atoms with Crippen LogP contribution in [-0.4, -0.2) is 39.8 Å². The molecule has 7 nitrogen and oxygen atoms in total. The minimum Gasteiger partial charge on any atom is -0.355 e. The fourth-order valence-corrected chi connectivity index (χ4v) is 2.88. The van der Waals surface area contributed by atoms with E-state index in [4.69, 9.17) is 0 Å². The number of piperidine rings is 1. The zero-order chi connectivity index (χ0) is 17.1. The Balaban J connectivity index is 1.59. The van der Waals surface area contributed by atoms with Gasteiger partial charge in [-0.3, -0.25) is 14.6 Å². The summed E-state index contributed by atoms with van der Waals surface area (Å²) in [5.41, 5.74) is 1.43. The van der Waals surface area contributed by atoms with Gasteiger partial charge in [-0.25, -0.2) is 4.68 Å². The van der Waals surface area contributed by atoms with Crippen molar-refractivity contribution < 1.29 is 4.79 Å². The molecule has 1 amide bonds. The Bertz CT molecular complexity index is 794. The lowest BCUT2D eigenvalue weighted by molar-refractivity contribution is 0.0930. The number of hydrogen-bond donors (Lipinski definition) is 1. The van der Waals surface area contributed by atoms with Crippen molar-refractivity contribution in [3.05, 3.63) is 52.1 Å². The molecule has 24 heavy (non-hydrogen) atoms. The summed E-state index contributed by atoms with van der Waals surface area (Å²) in [5, 5.41) is 7.36. The molecule has 126 valence electrons. The molecule has 0 bridgehead atoms. The van der Waals surface area contributed by atoms with Crippen molar-refractivity contribution in [2.24, 2.45) is 7.05 Å². The van der Waals surface area contributed by atoms with Crippen molar-refractivity contribution in [2.45, 2.75) is 25.8 Å². The first-order valence-corrected chi connectivity index (χ1v) is 8.05. The first kappa shape index (κ1) is 16.2. The Morgan fingerprint density at radius 3 is 2.67 bits per heavy atom. The summed E-state index contributed by atoms with van der Waals surface area (Å²) in [5.74, 6) is 0.726. The van der Waals surface area contributed by atoms with E-state index in [1.165, 1.54) is 10.7 Å². The molecular formula is C17H21N5O2. The summed E-state index contributed by atoms with van der Waals surface area (Å²) in [6.07, 6.45) is 4.98. The lowest BCUT2D eigenvalue weighted by Crippen LogP contribution is -2.45. The summed E-state index contributed by atoms with van der Waals surface area (Å²) in [6, 6.07) is 5.26. The van der Waals surface area contributed by atoms with Crippen LogP contribution in [0.4, 0.5) is 5.82 Å². The van der Waals surface area contributed by atoms with Gasteiger partial charge in [0.2, 0.25) is 0 Å². The van der Waals surface area contributed by atoms with E-state index in [9.17, 15) is 9.59 Å². The van der Waals surface area contributed by atoms with Crippen molar-refractivity contribution in [3.8, 4) is 0 Å². The third kappa shape index (κ3) is 3.45. The highest BCUT2D eigenvalue weighted by Crippen LogP contribution is 2.17. The molecule has 0 spiro atoms. The van der Waals surface area contributed by atoms with E-state index >= 15 is 0 Å². The molecule has 0 unspecified atom stereocenters. The van der Waals surface area contributed by atoms with Crippen LogP contribution in [0.3, 0.4) is 0 Å². The molecule has 2 aromatic heterocycles. The van der Waals surface area contributed by atoms with Crippen LogP contribution >= 0.6 is 0 Å². The number of amides is 1. The highest BCUT2D eigenvalue weighted by molar-refractivity contribution is 5.95. The first-order valence-electron chi connectivity index (χ1n) is 8.05. The summed E-state index contributed by atoms with van der Waals surface area (Å²) in [6.45, 7) is 3.49. The number of carbonyl (C=O) groups excluding carboxylic acids is 1. The summed E-state index contributed by atoms with van der Waals surface area (Å²) in [7, 11) is 1.65. The molecule has 3 rings (SSSR count). The number of pyridine rings is 1. The van der Waals surface area contributed by atoms with Gasteiger partial charge >= 0.3 is 0 Å². The van der Waals surface area contributed by atoms with E-state index < -0.39 is 0 Å². The van der Waals surface area contributed by atoms with Gasteiger partial charge in [0.15, 0.2) is 0 Å². The Morgan fingerprint density at radius 1 is 1.25 bits per heavy atom. The normalized spacial score (nSPS) is 15.3. The van der Waals surface area contributed by atoms with E-state index in [0.29, 0.717) is 5.56 Å². The standard InChI is InChI=1S/C17H21N5O2/c1-12-5-8-18-11-14(12)17(24)19-13-6-9-22(10-7-13)15-3-4-16(23)21(2)20-15/h3-5,8,11,13H,6-7,9-10H2,1-2H3,(H,19,24). The molecule has 1 aliphatic rings. The van der Waals surface area contributed by atoms with Gasteiger partial charge in [0.05, 0.1) is 5.56 Å². The zero-order valence-corrected chi connectivity index (χ0v) is 13.9. The number of rotatable bonds is 3. The van der Waals surface area contributed by atoms with Crippen molar-refractivity contribution in [1.29, 1.82) is 0 Å². The van der Waals surface area contributed by atoms with Crippen molar-refractivity contribution in [1.82, 2.24) is 20.1 Å². The van der Waals surface area contributed by atoms with E-state index in [1.807, 2.05) is 13.0 Å². The second kappa shape index (κ2) is 6.82. The molecule has 0 atom stereocenters. The number of nitrogens with one attached hydrogen (secondary N) is 1.